The van der Waals surface area contributed by atoms with E-state index in [0.29, 0.717) is 35.5 Å². The summed E-state index contributed by atoms with van der Waals surface area (Å²) in [7, 11) is 3.43. The third-order valence-electron chi connectivity index (χ3n) is 4.76. The highest BCUT2D eigenvalue weighted by molar-refractivity contribution is 6.42. The number of hydrogen-bond acceptors (Lipinski definition) is 3. The summed E-state index contributed by atoms with van der Waals surface area (Å²) in [4.78, 5) is 28.2. The van der Waals surface area contributed by atoms with E-state index in [1.54, 1.807) is 42.0 Å². The van der Waals surface area contributed by atoms with Gasteiger partial charge in [-0.3, -0.25) is 4.79 Å². The van der Waals surface area contributed by atoms with Crippen molar-refractivity contribution in [3.8, 4) is 0 Å². The maximum absolute atomic E-state index is 12.8. The van der Waals surface area contributed by atoms with E-state index in [1.807, 2.05) is 12.1 Å². The number of anilines is 1. The molecule has 28 heavy (non-hydrogen) atoms. The van der Waals surface area contributed by atoms with Crippen molar-refractivity contribution in [2.75, 3.05) is 32.5 Å². The second-order valence-electron chi connectivity index (χ2n) is 7.04. The van der Waals surface area contributed by atoms with Crippen LogP contribution in [0.4, 0.5) is 10.6 Å². The van der Waals surface area contributed by atoms with Gasteiger partial charge in [-0.1, -0.05) is 35.3 Å². The summed E-state index contributed by atoms with van der Waals surface area (Å²) in [5.74, 6) is 0.211. The number of aromatic nitrogens is 2. The Morgan fingerprint density at radius 3 is 2.82 bits per heavy atom. The van der Waals surface area contributed by atoms with Crippen LogP contribution in [0.15, 0.2) is 30.5 Å². The van der Waals surface area contributed by atoms with Gasteiger partial charge in [0.1, 0.15) is 5.82 Å². The standard InChI is InChI=1S/C19H23Cl2N5O2/c1-24(2)19(28)25-10-4-6-14(11-25)18(27)23-16-8-9-22-26(16)12-13-5-3-7-15(20)17(13)21/h3,5,7-9,14H,4,6,10-12H2,1-2H3,(H,23,27)/t14-/m1/s1. The maximum Gasteiger partial charge on any atom is 0.319 e. The Morgan fingerprint density at radius 1 is 1.29 bits per heavy atom. The van der Waals surface area contributed by atoms with E-state index in [-0.39, 0.29) is 17.9 Å². The molecule has 1 aromatic carbocycles. The molecule has 2 heterocycles. The minimum atomic E-state index is -0.254. The predicted molar refractivity (Wildman–Crippen MR) is 110 cm³/mol. The lowest BCUT2D eigenvalue weighted by atomic mass is 9.97. The minimum Gasteiger partial charge on any atom is -0.331 e. The number of rotatable bonds is 4. The van der Waals surface area contributed by atoms with Gasteiger partial charge >= 0.3 is 6.03 Å². The summed E-state index contributed by atoms with van der Waals surface area (Å²) in [5.41, 5.74) is 0.814. The second-order valence-corrected chi connectivity index (χ2v) is 7.82. The number of carbonyl (C=O) groups excluding carboxylic acids is 2. The largest absolute Gasteiger partial charge is 0.331 e. The summed E-state index contributed by atoms with van der Waals surface area (Å²) < 4.78 is 1.67. The van der Waals surface area contributed by atoms with Crippen LogP contribution in [0.5, 0.6) is 0 Å². The van der Waals surface area contributed by atoms with Crippen molar-refractivity contribution < 1.29 is 9.59 Å². The first-order chi connectivity index (χ1) is 13.4. The van der Waals surface area contributed by atoms with Gasteiger partial charge in [-0.15, -0.1) is 0 Å². The molecule has 1 aliphatic heterocycles. The molecule has 0 aliphatic carbocycles. The average Bonchev–Trinajstić information content (AvgIpc) is 3.11. The molecular formula is C19H23Cl2N5O2. The van der Waals surface area contributed by atoms with Crippen molar-refractivity contribution in [1.29, 1.82) is 0 Å². The summed E-state index contributed by atoms with van der Waals surface area (Å²) in [6.07, 6.45) is 3.17. The number of piperidine rings is 1. The third-order valence-corrected chi connectivity index (χ3v) is 5.62. The number of benzene rings is 1. The molecule has 2 aromatic rings. The van der Waals surface area contributed by atoms with Crippen LogP contribution in [0.3, 0.4) is 0 Å². The Hall–Kier alpha value is -2.25. The predicted octanol–water partition coefficient (Wildman–Crippen LogP) is 3.57. The highest BCUT2D eigenvalue weighted by atomic mass is 35.5. The van der Waals surface area contributed by atoms with Gasteiger partial charge in [-0.2, -0.15) is 5.10 Å². The van der Waals surface area contributed by atoms with Gasteiger partial charge in [0.2, 0.25) is 5.91 Å². The number of urea groups is 1. The first kappa shape index (κ1) is 20.5. The van der Waals surface area contributed by atoms with Gasteiger partial charge in [-0.25, -0.2) is 9.48 Å². The highest BCUT2D eigenvalue weighted by Crippen LogP contribution is 2.27. The number of nitrogens with one attached hydrogen (secondary N) is 1. The molecule has 0 unspecified atom stereocenters. The number of nitrogens with zero attached hydrogens (tertiary/aromatic N) is 4. The van der Waals surface area contributed by atoms with Crippen molar-refractivity contribution in [3.05, 3.63) is 46.1 Å². The van der Waals surface area contributed by atoms with Crippen molar-refractivity contribution in [2.24, 2.45) is 5.92 Å². The van der Waals surface area contributed by atoms with Gasteiger partial charge in [0, 0.05) is 33.3 Å². The Labute approximate surface area is 174 Å². The molecule has 9 heteroatoms. The van der Waals surface area contributed by atoms with Gasteiger partial charge < -0.3 is 15.1 Å². The maximum atomic E-state index is 12.8. The van der Waals surface area contributed by atoms with Gasteiger partial charge in [-0.05, 0) is 24.5 Å². The minimum absolute atomic E-state index is 0.0712. The van der Waals surface area contributed by atoms with Crippen LogP contribution in [-0.4, -0.2) is 58.7 Å². The Kier molecular flexibility index (Phi) is 6.46. The first-order valence-electron chi connectivity index (χ1n) is 9.08. The monoisotopic (exact) mass is 423 g/mol. The number of amides is 3. The molecule has 150 valence electrons. The van der Waals surface area contributed by atoms with E-state index in [1.165, 1.54) is 4.90 Å². The van der Waals surface area contributed by atoms with Crippen molar-refractivity contribution >= 4 is 41.0 Å². The Balaban J connectivity index is 1.68. The van der Waals surface area contributed by atoms with E-state index in [2.05, 4.69) is 10.4 Å². The van der Waals surface area contributed by atoms with E-state index >= 15 is 0 Å². The molecule has 7 nitrogen and oxygen atoms in total. The lowest BCUT2D eigenvalue weighted by Gasteiger charge is -2.33. The summed E-state index contributed by atoms with van der Waals surface area (Å²) >= 11 is 12.3. The molecule has 0 bridgehead atoms. The zero-order chi connectivity index (χ0) is 20.3. The zero-order valence-corrected chi connectivity index (χ0v) is 17.4. The molecule has 3 rings (SSSR count). The van der Waals surface area contributed by atoms with Crippen LogP contribution >= 0.6 is 23.2 Å². The van der Waals surface area contributed by atoms with Gasteiger partial charge in [0.15, 0.2) is 0 Å². The lowest BCUT2D eigenvalue weighted by Crippen LogP contribution is -2.47. The molecule has 1 atom stereocenters. The molecule has 0 spiro atoms. The summed E-state index contributed by atoms with van der Waals surface area (Å²) in [6.45, 7) is 1.47. The Bertz CT molecular complexity index is 868. The fourth-order valence-corrected chi connectivity index (χ4v) is 3.65. The summed E-state index contributed by atoms with van der Waals surface area (Å²) in [6, 6.07) is 7.08. The quantitative estimate of drug-likeness (QED) is 0.816. The lowest BCUT2D eigenvalue weighted by molar-refractivity contribution is -0.121. The van der Waals surface area contributed by atoms with Crippen LogP contribution in [-0.2, 0) is 11.3 Å². The van der Waals surface area contributed by atoms with Crippen LogP contribution in [0, 0.1) is 5.92 Å². The first-order valence-corrected chi connectivity index (χ1v) is 9.84. The number of halogens is 2. The van der Waals surface area contributed by atoms with Crippen LogP contribution in [0.1, 0.15) is 18.4 Å². The molecule has 1 N–H and O–H groups in total. The van der Waals surface area contributed by atoms with Gasteiger partial charge in [0.25, 0.3) is 0 Å². The number of carbonyl (C=O) groups is 2. The van der Waals surface area contributed by atoms with Crippen molar-refractivity contribution in [3.63, 3.8) is 0 Å². The molecule has 1 aromatic heterocycles. The highest BCUT2D eigenvalue weighted by Gasteiger charge is 2.29. The third kappa shape index (κ3) is 4.59. The molecule has 1 fully saturated rings. The fraction of sp³-hybridized carbons (Fsp3) is 0.421. The zero-order valence-electron chi connectivity index (χ0n) is 15.9. The smallest absolute Gasteiger partial charge is 0.319 e. The molecule has 3 amide bonds. The van der Waals surface area contributed by atoms with E-state index in [0.717, 1.165) is 18.4 Å². The van der Waals surface area contributed by atoms with Crippen LogP contribution in [0.25, 0.3) is 0 Å². The molecule has 0 saturated carbocycles. The Morgan fingerprint density at radius 2 is 2.07 bits per heavy atom. The van der Waals surface area contributed by atoms with Gasteiger partial charge in [0.05, 0.1) is 28.7 Å². The fourth-order valence-electron chi connectivity index (χ4n) is 3.27. The average molecular weight is 424 g/mol. The van der Waals surface area contributed by atoms with Crippen molar-refractivity contribution in [1.82, 2.24) is 19.6 Å². The number of hydrogen-bond donors (Lipinski definition) is 1. The second kappa shape index (κ2) is 8.84. The van der Waals surface area contributed by atoms with E-state index in [9.17, 15) is 9.59 Å². The molecule has 0 radical (unpaired) electrons. The van der Waals surface area contributed by atoms with E-state index < -0.39 is 0 Å². The normalized spacial score (nSPS) is 16.7. The summed E-state index contributed by atoms with van der Waals surface area (Å²) in [5, 5.41) is 8.16. The van der Waals surface area contributed by atoms with Crippen LogP contribution < -0.4 is 5.32 Å². The van der Waals surface area contributed by atoms with Crippen LogP contribution in [0.2, 0.25) is 10.0 Å². The van der Waals surface area contributed by atoms with Crippen molar-refractivity contribution in [2.45, 2.75) is 19.4 Å². The molecule has 1 saturated heterocycles. The SMILES string of the molecule is CN(C)C(=O)N1CCC[C@@H](C(=O)Nc2ccnn2Cc2cccc(Cl)c2Cl)C1. The van der Waals surface area contributed by atoms with E-state index in [4.69, 9.17) is 23.2 Å². The number of likely N-dealkylation sites (tertiary alicyclic amines) is 1. The molecule has 1 aliphatic rings. The topological polar surface area (TPSA) is 70.5 Å². The molecular weight excluding hydrogens is 401 g/mol.